The number of phenols is 1. The van der Waals surface area contributed by atoms with Crippen molar-refractivity contribution >= 4 is 0 Å². The molecule has 2 aromatic carbocycles. The van der Waals surface area contributed by atoms with E-state index in [1.807, 2.05) is 43.3 Å². The first-order valence-corrected chi connectivity index (χ1v) is 9.20. The second-order valence-electron chi connectivity index (χ2n) is 7.53. The van der Waals surface area contributed by atoms with Gasteiger partial charge in [0.1, 0.15) is 17.1 Å². The highest BCUT2D eigenvalue weighted by Gasteiger charge is 2.45. The maximum Gasteiger partial charge on any atom is 0.127 e. The van der Waals surface area contributed by atoms with Gasteiger partial charge in [0, 0.05) is 25.6 Å². The molecule has 0 spiro atoms. The number of fused-ring (bicyclic) bond motifs is 3. The van der Waals surface area contributed by atoms with Gasteiger partial charge < -0.3 is 9.84 Å². The predicted octanol–water partition coefficient (Wildman–Crippen LogP) is 5.79. The molecule has 1 heterocycles. The first-order valence-electron chi connectivity index (χ1n) is 12.2. The van der Waals surface area contributed by atoms with E-state index >= 15 is 0 Å². The fourth-order valence-corrected chi connectivity index (χ4v) is 4.22. The summed E-state index contributed by atoms with van der Waals surface area (Å²) in [6.45, 7) is -3.79. The van der Waals surface area contributed by atoms with Crippen LogP contribution < -0.4 is 4.74 Å². The highest BCUT2D eigenvalue weighted by molar-refractivity contribution is 5.54. The standard InChI is InChI=1S/C24H28O2/c1-16-9-12-20-19(13-16)23-21(25)14-18(15-22(23)26-24(20,2)3)11-10-17-7-5-4-6-8-17/h4-8,13-15,19-20,25H,9-12H2,1-3H3/t19-,20-/m1/s1/i2D3,3D3. The number of aromatic hydroxyl groups is 1. The van der Waals surface area contributed by atoms with Crippen LogP contribution >= 0.6 is 0 Å². The zero-order valence-corrected chi connectivity index (χ0v) is 15.0. The number of phenolic OH excluding ortho intramolecular Hbond substituents is 1. The minimum absolute atomic E-state index is 0.0243. The molecule has 0 radical (unpaired) electrons. The highest BCUT2D eigenvalue weighted by atomic mass is 16.5. The van der Waals surface area contributed by atoms with Crippen LogP contribution in [-0.2, 0) is 12.8 Å². The molecule has 0 fully saturated rings. The smallest absolute Gasteiger partial charge is 0.127 e. The number of hydrogen-bond donors (Lipinski definition) is 1. The van der Waals surface area contributed by atoms with Gasteiger partial charge in [0.15, 0.2) is 0 Å². The van der Waals surface area contributed by atoms with Crippen molar-refractivity contribution in [3.8, 4) is 11.5 Å². The number of hydrogen-bond acceptors (Lipinski definition) is 2. The third-order valence-electron chi connectivity index (χ3n) is 5.60. The van der Waals surface area contributed by atoms with Crippen LogP contribution in [-0.4, -0.2) is 10.7 Å². The Morgan fingerprint density at radius 2 is 1.92 bits per heavy atom. The van der Waals surface area contributed by atoms with Crippen molar-refractivity contribution in [1.29, 1.82) is 0 Å². The van der Waals surface area contributed by atoms with Crippen LogP contribution in [0.2, 0.25) is 0 Å². The van der Waals surface area contributed by atoms with E-state index in [9.17, 15) is 5.11 Å². The highest BCUT2D eigenvalue weighted by Crippen LogP contribution is 2.53. The Morgan fingerprint density at radius 1 is 1.15 bits per heavy atom. The molecule has 26 heavy (non-hydrogen) atoms. The largest absolute Gasteiger partial charge is 0.507 e. The SMILES string of the molecule is [2H]C([2H])([2H])C1(C([2H])([2H])[2H])Oc2cc(CCc3ccccc3)cc(O)c2[C@@H]2C=C(C)CC[C@H]21. The summed E-state index contributed by atoms with van der Waals surface area (Å²) in [4.78, 5) is 0. The second-order valence-corrected chi connectivity index (χ2v) is 7.53. The predicted molar refractivity (Wildman–Crippen MR) is 106 cm³/mol. The van der Waals surface area contributed by atoms with Crippen molar-refractivity contribution in [1.82, 2.24) is 0 Å². The van der Waals surface area contributed by atoms with E-state index in [0.717, 1.165) is 23.1 Å². The number of benzene rings is 2. The summed E-state index contributed by atoms with van der Waals surface area (Å²) in [5.41, 5.74) is 1.11. The minimum atomic E-state index is -2.87. The summed E-state index contributed by atoms with van der Waals surface area (Å²) in [6, 6.07) is 13.3. The van der Waals surface area contributed by atoms with E-state index in [-0.39, 0.29) is 11.5 Å². The molecule has 2 atom stereocenters. The molecule has 1 N–H and O–H groups in total. The lowest BCUT2D eigenvalue weighted by Crippen LogP contribution is -2.45. The molecule has 0 aromatic heterocycles. The Kier molecular flexibility index (Phi) is 2.87. The van der Waals surface area contributed by atoms with Gasteiger partial charge >= 0.3 is 0 Å². The lowest BCUT2D eigenvalue weighted by atomic mass is 9.68. The van der Waals surface area contributed by atoms with Gasteiger partial charge in [-0.3, -0.25) is 0 Å². The van der Waals surface area contributed by atoms with E-state index in [2.05, 4.69) is 0 Å². The van der Waals surface area contributed by atoms with Gasteiger partial charge in [-0.15, -0.1) is 0 Å². The van der Waals surface area contributed by atoms with Gasteiger partial charge in [0.2, 0.25) is 0 Å². The number of ether oxygens (including phenoxy) is 1. The molecule has 4 rings (SSSR count). The summed E-state index contributed by atoms with van der Waals surface area (Å²) in [7, 11) is 0. The zero-order chi connectivity index (χ0) is 23.3. The van der Waals surface area contributed by atoms with Crippen molar-refractivity contribution in [3.05, 3.63) is 70.8 Å². The molecule has 0 saturated heterocycles. The topological polar surface area (TPSA) is 29.5 Å². The van der Waals surface area contributed by atoms with Crippen molar-refractivity contribution < 1.29 is 18.1 Å². The Morgan fingerprint density at radius 3 is 2.69 bits per heavy atom. The molecule has 2 aliphatic rings. The van der Waals surface area contributed by atoms with Crippen LogP contribution in [0.1, 0.15) is 64.3 Å². The molecule has 1 aliphatic carbocycles. The van der Waals surface area contributed by atoms with Crippen LogP contribution in [0.25, 0.3) is 0 Å². The van der Waals surface area contributed by atoms with Crippen molar-refractivity contribution in [2.75, 3.05) is 0 Å². The minimum Gasteiger partial charge on any atom is -0.507 e. The maximum absolute atomic E-state index is 10.9. The monoisotopic (exact) mass is 354 g/mol. The van der Waals surface area contributed by atoms with Gasteiger partial charge in [0.05, 0.1) is 0 Å². The van der Waals surface area contributed by atoms with Crippen LogP contribution in [0.4, 0.5) is 0 Å². The normalized spacial score (nSPS) is 27.8. The fraction of sp³-hybridized carbons (Fsp3) is 0.417. The lowest BCUT2D eigenvalue weighted by molar-refractivity contribution is 0.0107. The summed E-state index contributed by atoms with van der Waals surface area (Å²) in [5.74, 6) is -1.14. The molecule has 0 bridgehead atoms. The first-order chi connectivity index (χ1) is 14.9. The van der Waals surface area contributed by atoms with Gasteiger partial charge in [-0.2, -0.15) is 0 Å². The van der Waals surface area contributed by atoms with Crippen molar-refractivity contribution in [2.24, 2.45) is 5.92 Å². The van der Waals surface area contributed by atoms with E-state index < -0.39 is 31.1 Å². The molecular weight excluding hydrogens is 320 g/mol. The van der Waals surface area contributed by atoms with Crippen molar-refractivity contribution in [2.45, 2.75) is 57.8 Å². The molecule has 2 heteroatoms. The average molecular weight is 355 g/mol. The lowest BCUT2D eigenvalue weighted by Gasteiger charge is -2.46. The van der Waals surface area contributed by atoms with Crippen LogP contribution in [0, 0.1) is 5.92 Å². The zero-order valence-electron chi connectivity index (χ0n) is 21.0. The molecule has 0 unspecified atom stereocenters. The summed E-state index contributed by atoms with van der Waals surface area (Å²) in [6.07, 6.45) is 4.22. The van der Waals surface area contributed by atoms with Gasteiger partial charge in [0.25, 0.3) is 0 Å². The van der Waals surface area contributed by atoms with Gasteiger partial charge in [-0.25, -0.2) is 0 Å². The second kappa shape index (κ2) is 6.50. The van der Waals surface area contributed by atoms with Gasteiger partial charge in [-0.1, -0.05) is 42.0 Å². The van der Waals surface area contributed by atoms with Crippen LogP contribution in [0.5, 0.6) is 11.5 Å². The third-order valence-corrected chi connectivity index (χ3v) is 5.60. The first kappa shape index (κ1) is 11.5. The van der Waals surface area contributed by atoms with Gasteiger partial charge in [-0.05, 0) is 69.6 Å². The van der Waals surface area contributed by atoms with Crippen molar-refractivity contribution in [3.63, 3.8) is 0 Å². The fourth-order valence-electron chi connectivity index (χ4n) is 4.22. The van der Waals surface area contributed by atoms with E-state index in [1.54, 1.807) is 12.1 Å². The quantitative estimate of drug-likeness (QED) is 0.707. The molecule has 2 nitrogen and oxygen atoms in total. The Balaban J connectivity index is 1.82. The number of aryl methyl sites for hydroxylation is 2. The molecule has 136 valence electrons. The molecule has 0 saturated carbocycles. The van der Waals surface area contributed by atoms with Crippen LogP contribution in [0.3, 0.4) is 0 Å². The summed E-state index contributed by atoms with van der Waals surface area (Å²) < 4.78 is 55.3. The Hall–Kier alpha value is -2.22. The maximum atomic E-state index is 10.9. The Labute approximate surface area is 165 Å². The summed E-state index contributed by atoms with van der Waals surface area (Å²) >= 11 is 0. The molecular formula is C24H28O2. The number of rotatable bonds is 3. The third kappa shape index (κ3) is 3.13. The van der Waals surface area contributed by atoms with Crippen LogP contribution in [0.15, 0.2) is 54.1 Å². The Bertz CT molecular complexity index is 1010. The van der Waals surface area contributed by atoms with E-state index in [1.165, 1.54) is 0 Å². The van der Waals surface area contributed by atoms with E-state index in [4.69, 9.17) is 13.0 Å². The molecule has 2 aromatic rings. The average Bonchev–Trinajstić information content (AvgIpc) is 2.70. The summed E-state index contributed by atoms with van der Waals surface area (Å²) in [5, 5.41) is 10.9. The molecule has 1 aliphatic heterocycles. The molecule has 0 amide bonds. The number of allylic oxidation sites excluding steroid dienone is 2. The van der Waals surface area contributed by atoms with E-state index in [0.29, 0.717) is 24.8 Å².